The van der Waals surface area contributed by atoms with Gasteiger partial charge in [0.25, 0.3) is 5.91 Å². The molecule has 0 aliphatic carbocycles. The average molecular weight is 426 g/mol. The maximum absolute atomic E-state index is 15.3. The zero-order valence-electron chi connectivity index (χ0n) is 17.8. The van der Waals surface area contributed by atoms with E-state index in [0.29, 0.717) is 16.6 Å². The molecule has 1 fully saturated rings. The summed E-state index contributed by atoms with van der Waals surface area (Å²) in [5, 5.41) is 2.80. The van der Waals surface area contributed by atoms with Gasteiger partial charge in [-0.25, -0.2) is 4.39 Å². The Kier molecular flexibility index (Phi) is 4.30. The van der Waals surface area contributed by atoms with E-state index in [1.807, 2.05) is 59.5 Å². The summed E-state index contributed by atoms with van der Waals surface area (Å²) in [4.78, 5) is 23.6. The van der Waals surface area contributed by atoms with Crippen LogP contribution in [0.25, 0.3) is 43.8 Å². The average Bonchev–Trinajstić information content (AvgIpc) is 3.44. The molecule has 160 valence electrons. The Morgan fingerprint density at radius 3 is 2.62 bits per heavy atom. The monoisotopic (exact) mass is 426 g/mol. The van der Waals surface area contributed by atoms with Gasteiger partial charge in [-0.1, -0.05) is 30.3 Å². The zero-order chi connectivity index (χ0) is 21.8. The lowest BCUT2D eigenvalue weighted by atomic mass is 9.97. The predicted molar refractivity (Wildman–Crippen MR) is 126 cm³/mol. The summed E-state index contributed by atoms with van der Waals surface area (Å²) in [5.74, 6) is -0.196. The maximum atomic E-state index is 15.3. The second-order valence-corrected chi connectivity index (χ2v) is 8.58. The molecule has 1 aliphatic heterocycles. The molecule has 6 rings (SSSR count). The number of nitrogens with zero attached hydrogens (tertiary/aromatic N) is 2. The molecule has 32 heavy (non-hydrogen) atoms. The molecular formula is C26H23FN4O. The number of likely N-dealkylation sites (N-methyl/N-ethyl adjacent to an activating group) is 1. The number of aromatic nitrogens is 2. The number of hydrogen-bond donors (Lipinski definition) is 2. The Labute approximate surface area is 184 Å². The standard InChI is InChI=1S/C26H23FN4O/c1-30-11-13-31(14-12-30)26(32)17-6-8-20-22(15-17)29-21-4-2-3-18(23(20)21)19-7-5-16-9-10-28-25(16)24(19)27/h2-10,15,28-29H,11-14H2,1H3. The number of carbonyl (C=O) groups is 1. The van der Waals surface area contributed by atoms with Crippen molar-refractivity contribution < 1.29 is 9.18 Å². The molecule has 3 aromatic carbocycles. The lowest BCUT2D eigenvalue weighted by molar-refractivity contribution is 0.0664. The molecular weight excluding hydrogens is 403 g/mol. The molecule has 1 amide bonds. The van der Waals surface area contributed by atoms with Gasteiger partial charge in [-0.3, -0.25) is 4.79 Å². The van der Waals surface area contributed by atoms with E-state index in [2.05, 4.69) is 21.9 Å². The Bertz CT molecular complexity index is 1490. The highest BCUT2D eigenvalue weighted by molar-refractivity contribution is 6.15. The molecule has 5 aromatic rings. The molecule has 0 atom stereocenters. The summed E-state index contributed by atoms with van der Waals surface area (Å²) in [6.07, 6.45) is 1.75. The molecule has 1 aliphatic rings. The quantitative estimate of drug-likeness (QED) is 0.418. The second kappa shape index (κ2) is 7.21. The maximum Gasteiger partial charge on any atom is 0.254 e. The number of fused-ring (bicyclic) bond motifs is 4. The summed E-state index contributed by atoms with van der Waals surface area (Å²) in [7, 11) is 2.08. The van der Waals surface area contributed by atoms with Gasteiger partial charge >= 0.3 is 0 Å². The Morgan fingerprint density at radius 1 is 0.938 bits per heavy atom. The van der Waals surface area contributed by atoms with Crippen molar-refractivity contribution in [3.05, 3.63) is 72.2 Å². The smallest absolute Gasteiger partial charge is 0.254 e. The van der Waals surface area contributed by atoms with Crippen LogP contribution in [0.5, 0.6) is 0 Å². The highest BCUT2D eigenvalue weighted by atomic mass is 19.1. The third-order valence-electron chi connectivity index (χ3n) is 6.62. The third-order valence-corrected chi connectivity index (χ3v) is 6.62. The van der Waals surface area contributed by atoms with Crippen LogP contribution in [0, 0.1) is 5.82 Å². The minimum atomic E-state index is -0.254. The van der Waals surface area contributed by atoms with E-state index in [9.17, 15) is 4.79 Å². The van der Waals surface area contributed by atoms with Crippen LogP contribution in [0.1, 0.15) is 10.4 Å². The minimum Gasteiger partial charge on any atom is -0.359 e. The first-order chi connectivity index (χ1) is 15.6. The predicted octanol–water partition coefficient (Wildman–Crippen LogP) is 5.00. The minimum absolute atomic E-state index is 0.0575. The molecule has 3 heterocycles. The van der Waals surface area contributed by atoms with Gasteiger partial charge in [0.15, 0.2) is 5.82 Å². The fourth-order valence-corrected chi connectivity index (χ4v) is 4.81. The van der Waals surface area contributed by atoms with Crippen molar-refractivity contribution in [3.63, 3.8) is 0 Å². The highest BCUT2D eigenvalue weighted by Gasteiger charge is 2.21. The molecule has 0 bridgehead atoms. The van der Waals surface area contributed by atoms with Crippen LogP contribution < -0.4 is 0 Å². The van der Waals surface area contributed by atoms with Gasteiger partial charge in [0.2, 0.25) is 0 Å². The first-order valence-corrected chi connectivity index (χ1v) is 10.9. The largest absolute Gasteiger partial charge is 0.359 e. The van der Waals surface area contributed by atoms with Crippen molar-refractivity contribution in [2.24, 2.45) is 0 Å². The molecule has 2 N–H and O–H groups in total. The number of aromatic amines is 2. The van der Waals surface area contributed by atoms with Crippen molar-refractivity contribution in [2.45, 2.75) is 0 Å². The lowest BCUT2D eigenvalue weighted by Crippen LogP contribution is -2.47. The van der Waals surface area contributed by atoms with E-state index < -0.39 is 0 Å². The number of hydrogen-bond acceptors (Lipinski definition) is 2. The number of benzene rings is 3. The van der Waals surface area contributed by atoms with Crippen LogP contribution >= 0.6 is 0 Å². The number of amides is 1. The summed E-state index contributed by atoms with van der Waals surface area (Å²) in [5.41, 5.74) is 4.39. The van der Waals surface area contributed by atoms with Crippen LogP contribution in [0.4, 0.5) is 4.39 Å². The Morgan fingerprint density at radius 2 is 1.78 bits per heavy atom. The molecule has 0 saturated carbocycles. The van der Waals surface area contributed by atoms with E-state index >= 15 is 4.39 Å². The molecule has 0 unspecified atom stereocenters. The second-order valence-electron chi connectivity index (χ2n) is 8.58. The van der Waals surface area contributed by atoms with Crippen molar-refractivity contribution in [2.75, 3.05) is 33.2 Å². The molecule has 1 saturated heterocycles. The highest BCUT2D eigenvalue weighted by Crippen LogP contribution is 2.37. The van der Waals surface area contributed by atoms with E-state index in [-0.39, 0.29) is 11.7 Å². The first-order valence-electron chi connectivity index (χ1n) is 10.9. The van der Waals surface area contributed by atoms with Crippen LogP contribution in [0.15, 0.2) is 60.8 Å². The SMILES string of the molecule is CN1CCN(C(=O)c2ccc3c(c2)[nH]c2cccc(-c4ccc5cc[nH]c5c4F)c23)CC1. The van der Waals surface area contributed by atoms with Gasteiger partial charge in [-0.2, -0.15) is 0 Å². The number of carbonyl (C=O) groups excluding carboxylic acids is 1. The van der Waals surface area contributed by atoms with Crippen molar-refractivity contribution >= 4 is 38.6 Å². The Balaban J connectivity index is 1.47. The molecule has 6 heteroatoms. The zero-order valence-corrected chi connectivity index (χ0v) is 17.8. The molecule has 0 radical (unpaired) electrons. The Hall–Kier alpha value is -3.64. The summed E-state index contributed by atoms with van der Waals surface area (Å²) >= 11 is 0. The summed E-state index contributed by atoms with van der Waals surface area (Å²) in [6.45, 7) is 3.26. The fourth-order valence-electron chi connectivity index (χ4n) is 4.81. The summed E-state index contributed by atoms with van der Waals surface area (Å²) in [6, 6.07) is 17.3. The van der Waals surface area contributed by atoms with Crippen molar-refractivity contribution in [3.8, 4) is 11.1 Å². The fraction of sp³-hybridized carbons (Fsp3) is 0.192. The topological polar surface area (TPSA) is 55.1 Å². The van der Waals surface area contributed by atoms with E-state index in [1.54, 1.807) is 6.20 Å². The number of nitrogens with one attached hydrogen (secondary N) is 2. The van der Waals surface area contributed by atoms with Crippen LogP contribution in [-0.4, -0.2) is 58.9 Å². The number of rotatable bonds is 2. The first kappa shape index (κ1) is 19.1. The lowest BCUT2D eigenvalue weighted by Gasteiger charge is -2.32. The van der Waals surface area contributed by atoms with Crippen LogP contribution in [-0.2, 0) is 0 Å². The van der Waals surface area contributed by atoms with Gasteiger partial charge in [0.1, 0.15) is 0 Å². The normalized spacial score (nSPS) is 15.2. The van der Waals surface area contributed by atoms with E-state index in [4.69, 9.17) is 0 Å². The van der Waals surface area contributed by atoms with Crippen molar-refractivity contribution in [1.82, 2.24) is 19.8 Å². The van der Waals surface area contributed by atoms with Gasteiger partial charge < -0.3 is 19.8 Å². The van der Waals surface area contributed by atoms with Crippen LogP contribution in [0.3, 0.4) is 0 Å². The van der Waals surface area contributed by atoms with Gasteiger partial charge in [-0.05, 0) is 36.9 Å². The third kappa shape index (κ3) is 2.91. The van der Waals surface area contributed by atoms with Gasteiger partial charge in [0.05, 0.1) is 5.52 Å². The van der Waals surface area contributed by atoms with Crippen LogP contribution in [0.2, 0.25) is 0 Å². The summed E-state index contributed by atoms with van der Waals surface area (Å²) < 4.78 is 15.3. The van der Waals surface area contributed by atoms with Gasteiger partial charge in [-0.15, -0.1) is 0 Å². The number of piperazine rings is 1. The van der Waals surface area contributed by atoms with E-state index in [0.717, 1.165) is 58.9 Å². The van der Waals surface area contributed by atoms with E-state index in [1.165, 1.54) is 0 Å². The number of H-pyrrole nitrogens is 2. The molecule has 2 aromatic heterocycles. The molecule has 5 nitrogen and oxygen atoms in total. The number of halogens is 1. The van der Waals surface area contributed by atoms with Crippen molar-refractivity contribution in [1.29, 1.82) is 0 Å². The molecule has 0 spiro atoms. The van der Waals surface area contributed by atoms with Gasteiger partial charge in [0, 0.05) is 70.7 Å².